The van der Waals surface area contributed by atoms with E-state index in [0.717, 1.165) is 29.2 Å². The van der Waals surface area contributed by atoms with Crippen molar-refractivity contribution >= 4 is 5.91 Å². The number of rotatable bonds is 5. The SMILES string of the molecule is O=C(NC12CC3CC(CC(C3)C1)C2)c1ccc(COc2ccccc2)nc1. The number of nitrogens with one attached hydrogen (secondary N) is 1. The molecule has 2 aromatic rings. The molecule has 0 radical (unpaired) electrons. The summed E-state index contributed by atoms with van der Waals surface area (Å²) >= 11 is 0. The van der Waals surface area contributed by atoms with Crippen LogP contribution in [0.15, 0.2) is 48.7 Å². The predicted molar refractivity (Wildman–Crippen MR) is 103 cm³/mol. The summed E-state index contributed by atoms with van der Waals surface area (Å²) < 4.78 is 5.72. The van der Waals surface area contributed by atoms with Gasteiger partial charge in [0.15, 0.2) is 0 Å². The number of carbonyl (C=O) groups is 1. The van der Waals surface area contributed by atoms with Gasteiger partial charge in [0, 0.05) is 11.7 Å². The fourth-order valence-electron chi connectivity index (χ4n) is 5.89. The zero-order chi connectivity index (χ0) is 18.3. The quantitative estimate of drug-likeness (QED) is 0.860. The number of hydrogen-bond donors (Lipinski definition) is 1. The number of nitrogens with zero attached hydrogens (tertiary/aromatic N) is 1. The largest absolute Gasteiger partial charge is 0.487 e. The van der Waals surface area contributed by atoms with E-state index in [0.29, 0.717) is 12.2 Å². The van der Waals surface area contributed by atoms with Crippen LogP contribution in [0.3, 0.4) is 0 Å². The van der Waals surface area contributed by atoms with E-state index < -0.39 is 0 Å². The third-order valence-electron chi connectivity index (χ3n) is 6.63. The van der Waals surface area contributed by atoms with Crippen molar-refractivity contribution in [2.75, 3.05) is 0 Å². The van der Waals surface area contributed by atoms with Crippen molar-refractivity contribution in [2.45, 2.75) is 50.7 Å². The van der Waals surface area contributed by atoms with Crippen LogP contribution in [0.25, 0.3) is 0 Å². The maximum Gasteiger partial charge on any atom is 0.253 e. The number of hydrogen-bond acceptors (Lipinski definition) is 3. The predicted octanol–water partition coefficient (Wildman–Crippen LogP) is 4.36. The number of para-hydroxylation sites is 1. The lowest BCUT2D eigenvalue weighted by Crippen LogP contribution is -2.59. The van der Waals surface area contributed by atoms with Gasteiger partial charge < -0.3 is 10.1 Å². The average Bonchev–Trinajstić information content (AvgIpc) is 2.66. The highest BCUT2D eigenvalue weighted by atomic mass is 16.5. The van der Waals surface area contributed by atoms with Crippen LogP contribution in [-0.2, 0) is 6.61 Å². The maximum absolute atomic E-state index is 12.8. The number of ether oxygens (including phenoxy) is 1. The topological polar surface area (TPSA) is 51.2 Å². The van der Waals surface area contributed by atoms with Gasteiger partial charge in [-0.05, 0) is 80.5 Å². The number of carbonyl (C=O) groups excluding carboxylic acids is 1. The molecule has 1 N–H and O–H groups in total. The van der Waals surface area contributed by atoms with Crippen LogP contribution in [0.4, 0.5) is 0 Å². The molecule has 0 spiro atoms. The molecule has 1 heterocycles. The summed E-state index contributed by atoms with van der Waals surface area (Å²) in [5.74, 6) is 3.33. The van der Waals surface area contributed by atoms with Crippen molar-refractivity contribution in [3.63, 3.8) is 0 Å². The fourth-order valence-corrected chi connectivity index (χ4v) is 5.89. The standard InChI is InChI=1S/C23H26N2O2/c26-22(25-23-11-16-8-17(12-23)10-18(9-16)13-23)19-6-7-20(24-14-19)15-27-21-4-2-1-3-5-21/h1-7,14,16-18H,8-13,15H2,(H,25,26). The van der Waals surface area contributed by atoms with Crippen LogP contribution in [0.1, 0.15) is 54.6 Å². The Morgan fingerprint density at radius 2 is 1.67 bits per heavy atom. The lowest BCUT2D eigenvalue weighted by Gasteiger charge is -2.56. The Hall–Kier alpha value is -2.36. The zero-order valence-electron chi connectivity index (χ0n) is 15.6. The van der Waals surface area contributed by atoms with Crippen molar-refractivity contribution in [3.05, 3.63) is 59.9 Å². The average molecular weight is 362 g/mol. The molecule has 4 heteroatoms. The van der Waals surface area contributed by atoms with Crippen LogP contribution in [0.2, 0.25) is 0 Å². The third kappa shape index (κ3) is 3.45. The Morgan fingerprint density at radius 1 is 1.00 bits per heavy atom. The van der Waals surface area contributed by atoms with Crippen LogP contribution >= 0.6 is 0 Å². The molecule has 4 aliphatic rings. The van der Waals surface area contributed by atoms with Gasteiger partial charge >= 0.3 is 0 Å². The Kier molecular flexibility index (Phi) is 4.14. The minimum absolute atomic E-state index is 0.0278. The second-order valence-corrected chi connectivity index (χ2v) is 8.79. The molecule has 0 aliphatic heterocycles. The van der Waals surface area contributed by atoms with Crippen molar-refractivity contribution in [3.8, 4) is 5.75 Å². The van der Waals surface area contributed by atoms with Crippen LogP contribution < -0.4 is 10.1 Å². The summed E-state index contributed by atoms with van der Waals surface area (Å²) in [4.78, 5) is 17.3. The van der Waals surface area contributed by atoms with Crippen molar-refractivity contribution in [1.82, 2.24) is 10.3 Å². The third-order valence-corrected chi connectivity index (χ3v) is 6.63. The first-order valence-corrected chi connectivity index (χ1v) is 10.1. The first-order chi connectivity index (χ1) is 13.2. The van der Waals surface area contributed by atoms with Gasteiger partial charge in [0.05, 0.1) is 11.3 Å². The minimum atomic E-state index is 0.0278. The van der Waals surface area contributed by atoms with Crippen molar-refractivity contribution < 1.29 is 9.53 Å². The molecule has 4 fully saturated rings. The summed E-state index contributed by atoms with van der Waals surface area (Å²) in [6.45, 7) is 0.404. The molecule has 140 valence electrons. The highest BCUT2D eigenvalue weighted by Crippen LogP contribution is 2.55. The molecule has 4 bridgehead atoms. The summed E-state index contributed by atoms with van der Waals surface area (Å²) in [5.41, 5.74) is 1.51. The normalized spacial score (nSPS) is 30.9. The van der Waals surface area contributed by atoms with Gasteiger partial charge in [-0.1, -0.05) is 18.2 Å². The Labute approximate surface area is 160 Å². The highest BCUT2D eigenvalue weighted by molar-refractivity contribution is 5.94. The van der Waals surface area contributed by atoms with Crippen LogP contribution in [0, 0.1) is 17.8 Å². The van der Waals surface area contributed by atoms with Gasteiger partial charge in [-0.25, -0.2) is 0 Å². The second kappa shape index (κ2) is 6.66. The first-order valence-electron chi connectivity index (χ1n) is 10.1. The van der Waals surface area contributed by atoms with E-state index in [1.165, 1.54) is 38.5 Å². The number of aromatic nitrogens is 1. The van der Waals surface area contributed by atoms with E-state index in [1.807, 2.05) is 42.5 Å². The molecule has 6 rings (SSSR count). The van der Waals surface area contributed by atoms with Gasteiger partial charge in [0.25, 0.3) is 5.91 Å². The minimum Gasteiger partial charge on any atom is -0.487 e. The second-order valence-electron chi connectivity index (χ2n) is 8.79. The lowest BCUT2D eigenvalue weighted by atomic mass is 9.53. The maximum atomic E-state index is 12.8. The van der Waals surface area contributed by atoms with Crippen molar-refractivity contribution in [1.29, 1.82) is 0 Å². The monoisotopic (exact) mass is 362 g/mol. The molecule has 0 atom stereocenters. The van der Waals surface area contributed by atoms with Gasteiger partial charge in [-0.3, -0.25) is 9.78 Å². The summed E-state index contributed by atoms with van der Waals surface area (Å²) in [7, 11) is 0. The number of benzene rings is 1. The molecule has 4 aliphatic carbocycles. The van der Waals surface area contributed by atoms with E-state index in [1.54, 1.807) is 6.20 Å². The number of amides is 1. The molecule has 0 saturated heterocycles. The Morgan fingerprint density at radius 3 is 2.26 bits per heavy atom. The molecule has 4 saturated carbocycles. The number of pyridine rings is 1. The smallest absolute Gasteiger partial charge is 0.253 e. The van der Waals surface area contributed by atoms with Crippen LogP contribution in [0.5, 0.6) is 5.75 Å². The van der Waals surface area contributed by atoms with E-state index >= 15 is 0 Å². The molecule has 0 unspecified atom stereocenters. The summed E-state index contributed by atoms with van der Waals surface area (Å²) in [6.07, 6.45) is 9.33. The molecule has 1 aromatic heterocycles. The molecule has 4 nitrogen and oxygen atoms in total. The summed E-state index contributed by atoms with van der Waals surface area (Å²) in [6, 6.07) is 13.5. The summed E-state index contributed by atoms with van der Waals surface area (Å²) in [5, 5.41) is 3.41. The molecular weight excluding hydrogens is 336 g/mol. The fraction of sp³-hybridized carbons (Fsp3) is 0.478. The Balaban J connectivity index is 1.22. The van der Waals surface area contributed by atoms with E-state index in [4.69, 9.17) is 4.74 Å². The Bertz CT molecular complexity index is 781. The zero-order valence-corrected chi connectivity index (χ0v) is 15.6. The van der Waals surface area contributed by atoms with E-state index in [2.05, 4.69) is 10.3 Å². The molecule has 1 amide bonds. The van der Waals surface area contributed by atoms with E-state index in [9.17, 15) is 4.79 Å². The first kappa shape index (κ1) is 16.8. The molecule has 1 aromatic carbocycles. The van der Waals surface area contributed by atoms with Crippen LogP contribution in [-0.4, -0.2) is 16.4 Å². The lowest BCUT2D eigenvalue weighted by molar-refractivity contribution is -0.0167. The van der Waals surface area contributed by atoms with Gasteiger partial charge in [-0.15, -0.1) is 0 Å². The van der Waals surface area contributed by atoms with E-state index in [-0.39, 0.29) is 11.4 Å². The van der Waals surface area contributed by atoms with Crippen molar-refractivity contribution in [2.24, 2.45) is 17.8 Å². The van der Waals surface area contributed by atoms with Gasteiger partial charge in [0.1, 0.15) is 12.4 Å². The molecular formula is C23H26N2O2. The van der Waals surface area contributed by atoms with Gasteiger partial charge in [0.2, 0.25) is 0 Å². The van der Waals surface area contributed by atoms with Gasteiger partial charge in [-0.2, -0.15) is 0 Å². The molecule has 27 heavy (non-hydrogen) atoms. The highest BCUT2D eigenvalue weighted by Gasteiger charge is 2.51.